The van der Waals surface area contributed by atoms with Gasteiger partial charge in [0, 0.05) is 13.1 Å². The molecular weight excluding hydrogens is 258 g/mol. The Morgan fingerprint density at radius 3 is 1.76 bits per heavy atom. The Morgan fingerprint density at radius 1 is 1.00 bits per heavy atom. The number of hydrogen-bond donors (Lipinski definition) is 0. The van der Waals surface area contributed by atoms with Gasteiger partial charge in [0.2, 0.25) is 0 Å². The first-order valence-corrected chi connectivity index (χ1v) is 7.15. The van der Waals surface area contributed by atoms with Gasteiger partial charge in [-0.2, -0.15) is 0 Å². The second-order valence-electron chi connectivity index (χ2n) is 5.17. The van der Waals surface area contributed by atoms with E-state index in [0.717, 1.165) is 13.1 Å². The normalized spacial score (nSPS) is 12.1. The van der Waals surface area contributed by atoms with Crippen LogP contribution >= 0.6 is 0 Å². The Labute approximate surface area is 126 Å². The highest BCUT2D eigenvalue weighted by Gasteiger charge is 2.20. The van der Waals surface area contributed by atoms with Gasteiger partial charge < -0.3 is 0 Å². The highest BCUT2D eigenvalue weighted by Crippen LogP contribution is 2.14. The summed E-state index contributed by atoms with van der Waals surface area (Å²) in [4.78, 5) is 14.0. The lowest BCUT2D eigenvalue weighted by atomic mass is 10.1. The molecule has 0 aromatic heterocycles. The lowest BCUT2D eigenvalue weighted by Crippen LogP contribution is -2.37. The lowest BCUT2D eigenvalue weighted by Gasteiger charge is -2.28. The van der Waals surface area contributed by atoms with Crippen molar-refractivity contribution in [1.29, 1.82) is 0 Å². The maximum Gasteiger partial charge on any atom is 0.150 e. The van der Waals surface area contributed by atoms with Crippen LogP contribution in [0.2, 0.25) is 0 Å². The van der Waals surface area contributed by atoms with Crippen molar-refractivity contribution in [3.63, 3.8) is 0 Å². The third kappa shape index (κ3) is 4.40. The molecule has 2 nitrogen and oxygen atoms in total. The number of benzene rings is 2. The summed E-state index contributed by atoms with van der Waals surface area (Å²) in [6.45, 7) is 6.90. The number of Topliss-reactive ketones (excluding diaryl/α,β-unsaturated/α-hetero) is 1. The Balaban J connectivity index is 2.21. The van der Waals surface area contributed by atoms with Gasteiger partial charge in [-0.3, -0.25) is 9.69 Å². The predicted molar refractivity (Wildman–Crippen MR) is 86.8 cm³/mol. The van der Waals surface area contributed by atoms with E-state index in [1.165, 1.54) is 11.1 Å². The van der Waals surface area contributed by atoms with Crippen LogP contribution in [0.5, 0.6) is 0 Å². The molecule has 0 radical (unpaired) electrons. The smallest absolute Gasteiger partial charge is 0.150 e. The molecule has 0 aliphatic rings. The molecule has 0 fully saturated rings. The average molecular weight is 279 g/mol. The molecule has 1 unspecified atom stereocenters. The van der Waals surface area contributed by atoms with Gasteiger partial charge in [0.05, 0.1) is 6.04 Å². The van der Waals surface area contributed by atoms with Crippen molar-refractivity contribution in [1.82, 2.24) is 4.90 Å². The van der Waals surface area contributed by atoms with Crippen LogP contribution in [0.15, 0.2) is 73.3 Å². The number of ketones is 1. The molecular formula is C19H21NO. The average Bonchev–Trinajstić information content (AvgIpc) is 2.49. The van der Waals surface area contributed by atoms with Crippen molar-refractivity contribution >= 4 is 5.78 Å². The molecule has 0 spiro atoms. The van der Waals surface area contributed by atoms with Gasteiger partial charge in [-0.1, -0.05) is 66.7 Å². The molecule has 0 aliphatic carbocycles. The van der Waals surface area contributed by atoms with Gasteiger partial charge in [-0.05, 0) is 18.1 Å². The summed E-state index contributed by atoms with van der Waals surface area (Å²) in [5.41, 5.74) is 2.39. The third-order valence-electron chi connectivity index (χ3n) is 3.49. The fourth-order valence-corrected chi connectivity index (χ4v) is 2.46. The molecule has 0 heterocycles. The highest BCUT2D eigenvalue weighted by molar-refractivity contribution is 5.83. The van der Waals surface area contributed by atoms with E-state index in [1.54, 1.807) is 13.0 Å². The van der Waals surface area contributed by atoms with Gasteiger partial charge in [-0.25, -0.2) is 0 Å². The third-order valence-corrected chi connectivity index (χ3v) is 3.49. The Kier molecular flexibility index (Phi) is 5.47. The minimum atomic E-state index is -0.259. The zero-order valence-electron chi connectivity index (χ0n) is 12.4. The van der Waals surface area contributed by atoms with E-state index in [4.69, 9.17) is 0 Å². The molecule has 0 bridgehead atoms. The summed E-state index contributed by atoms with van der Waals surface area (Å²) in [5.74, 6) is 0.122. The first kappa shape index (κ1) is 15.2. The molecule has 108 valence electrons. The van der Waals surface area contributed by atoms with Crippen LogP contribution in [0.1, 0.15) is 18.1 Å². The first-order valence-electron chi connectivity index (χ1n) is 7.15. The van der Waals surface area contributed by atoms with Crippen LogP contribution in [-0.4, -0.2) is 16.7 Å². The summed E-state index contributed by atoms with van der Waals surface area (Å²) in [6.07, 6.45) is 1.73. The van der Waals surface area contributed by atoms with Crippen molar-refractivity contribution < 1.29 is 4.79 Å². The summed E-state index contributed by atoms with van der Waals surface area (Å²) >= 11 is 0. The van der Waals surface area contributed by atoms with Crippen LogP contribution in [0.4, 0.5) is 0 Å². The molecule has 0 amide bonds. The quantitative estimate of drug-likeness (QED) is 0.718. The highest BCUT2D eigenvalue weighted by atomic mass is 16.1. The maximum atomic E-state index is 11.9. The van der Waals surface area contributed by atoms with Crippen molar-refractivity contribution in [3.8, 4) is 0 Å². The van der Waals surface area contributed by atoms with Gasteiger partial charge in [0.1, 0.15) is 0 Å². The number of rotatable bonds is 7. The molecule has 0 saturated heterocycles. The number of carbonyl (C=O) groups excluding carboxylic acids is 1. The summed E-state index contributed by atoms with van der Waals surface area (Å²) in [7, 11) is 0. The van der Waals surface area contributed by atoms with E-state index < -0.39 is 0 Å². The summed E-state index contributed by atoms with van der Waals surface area (Å²) in [6, 6.07) is 20.2. The van der Waals surface area contributed by atoms with Crippen LogP contribution in [0.25, 0.3) is 0 Å². The maximum absolute atomic E-state index is 11.9. The number of hydrogen-bond acceptors (Lipinski definition) is 2. The standard InChI is InChI=1S/C19H21NO/c1-3-19(16(2)21)20(14-17-10-6-4-7-11-17)15-18-12-8-5-9-13-18/h3-13,19H,1,14-15H2,2H3. The van der Waals surface area contributed by atoms with Gasteiger partial charge >= 0.3 is 0 Å². The predicted octanol–water partition coefficient (Wildman–Crippen LogP) is 3.83. The number of carbonyl (C=O) groups is 1. The van der Waals surface area contributed by atoms with E-state index >= 15 is 0 Å². The van der Waals surface area contributed by atoms with E-state index in [1.807, 2.05) is 36.4 Å². The topological polar surface area (TPSA) is 20.3 Å². The van der Waals surface area contributed by atoms with Gasteiger partial charge in [0.25, 0.3) is 0 Å². The summed E-state index contributed by atoms with van der Waals surface area (Å²) in [5, 5.41) is 0. The molecule has 21 heavy (non-hydrogen) atoms. The molecule has 0 aliphatic heterocycles. The zero-order valence-corrected chi connectivity index (χ0v) is 12.4. The van der Waals surface area contributed by atoms with Crippen LogP contribution in [-0.2, 0) is 17.9 Å². The van der Waals surface area contributed by atoms with E-state index in [0.29, 0.717) is 0 Å². The monoisotopic (exact) mass is 279 g/mol. The van der Waals surface area contributed by atoms with E-state index in [-0.39, 0.29) is 11.8 Å². The Hall–Kier alpha value is -2.19. The SMILES string of the molecule is C=CC(C(C)=O)N(Cc1ccccc1)Cc1ccccc1. The molecule has 1 atom stereocenters. The second-order valence-corrected chi connectivity index (χ2v) is 5.17. The Morgan fingerprint density at radius 2 is 1.43 bits per heavy atom. The fraction of sp³-hybridized carbons (Fsp3) is 0.211. The fourth-order valence-electron chi connectivity index (χ4n) is 2.46. The molecule has 0 saturated carbocycles. The van der Waals surface area contributed by atoms with Crippen LogP contribution in [0.3, 0.4) is 0 Å². The lowest BCUT2D eigenvalue weighted by molar-refractivity contribution is -0.121. The van der Waals surface area contributed by atoms with Crippen molar-refractivity contribution in [2.75, 3.05) is 0 Å². The minimum Gasteiger partial charge on any atom is -0.298 e. The van der Waals surface area contributed by atoms with Gasteiger partial charge in [0.15, 0.2) is 5.78 Å². The zero-order chi connectivity index (χ0) is 15.1. The molecule has 2 aromatic rings. The van der Waals surface area contributed by atoms with Crippen LogP contribution < -0.4 is 0 Å². The van der Waals surface area contributed by atoms with Crippen molar-refractivity contribution in [2.24, 2.45) is 0 Å². The molecule has 0 N–H and O–H groups in total. The van der Waals surface area contributed by atoms with Crippen molar-refractivity contribution in [3.05, 3.63) is 84.4 Å². The molecule has 2 rings (SSSR count). The van der Waals surface area contributed by atoms with E-state index in [9.17, 15) is 4.79 Å². The molecule has 2 heteroatoms. The second kappa shape index (κ2) is 7.55. The van der Waals surface area contributed by atoms with Gasteiger partial charge in [-0.15, -0.1) is 6.58 Å². The number of nitrogens with zero attached hydrogens (tertiary/aromatic N) is 1. The van der Waals surface area contributed by atoms with Crippen molar-refractivity contribution in [2.45, 2.75) is 26.1 Å². The Bertz CT molecular complexity index is 536. The van der Waals surface area contributed by atoms with E-state index in [2.05, 4.69) is 35.7 Å². The van der Waals surface area contributed by atoms with Crippen LogP contribution in [0, 0.1) is 0 Å². The minimum absolute atomic E-state index is 0.122. The summed E-state index contributed by atoms with van der Waals surface area (Å²) < 4.78 is 0. The first-order chi connectivity index (χ1) is 10.2. The molecule has 2 aromatic carbocycles. The largest absolute Gasteiger partial charge is 0.298 e.